The number of likely N-dealkylation sites (tertiary alicyclic amines) is 1. The number of aliphatic carboxylic acids is 1. The summed E-state index contributed by atoms with van der Waals surface area (Å²) in [5, 5.41) is 8.79. The molecule has 0 aliphatic carbocycles. The molecule has 4 nitrogen and oxygen atoms in total. The van der Waals surface area contributed by atoms with Gasteiger partial charge in [-0.1, -0.05) is 0 Å². The normalized spacial score (nSPS) is 23.4. The zero-order chi connectivity index (χ0) is 13.3. The summed E-state index contributed by atoms with van der Waals surface area (Å²) in [6.45, 7) is 1.61. The lowest BCUT2D eigenvalue weighted by atomic mass is 9.89. The van der Waals surface area contributed by atoms with E-state index in [1.807, 2.05) is 0 Å². The Bertz CT molecular complexity index is 285. The average molecular weight is 255 g/mol. The average Bonchev–Trinajstić information content (AvgIpc) is 2.26. The molecule has 7 heteroatoms. The third kappa shape index (κ3) is 2.71. The maximum Gasteiger partial charge on any atom is 0.417 e. The van der Waals surface area contributed by atoms with Crippen LogP contribution in [-0.2, 0) is 9.53 Å². The molecule has 1 aliphatic heterocycles. The number of methoxy groups -OCH3 is 1. The lowest BCUT2D eigenvalue weighted by Gasteiger charge is -2.42. The quantitative estimate of drug-likeness (QED) is 0.830. The molecule has 1 heterocycles. The van der Waals surface area contributed by atoms with Crippen LogP contribution in [0.2, 0.25) is 0 Å². The van der Waals surface area contributed by atoms with Crippen molar-refractivity contribution in [1.29, 1.82) is 0 Å². The van der Waals surface area contributed by atoms with Gasteiger partial charge < -0.3 is 9.84 Å². The molecule has 0 bridgehead atoms. The molecule has 0 radical (unpaired) electrons. The third-order valence-electron chi connectivity index (χ3n) is 3.42. The van der Waals surface area contributed by atoms with Gasteiger partial charge in [0.2, 0.25) is 0 Å². The van der Waals surface area contributed by atoms with Gasteiger partial charge in [0, 0.05) is 20.2 Å². The molecule has 0 spiro atoms. The second kappa shape index (κ2) is 4.81. The molecule has 1 atom stereocenters. The number of nitrogens with zero attached hydrogens (tertiary/aromatic N) is 1. The molecule has 0 unspecified atom stereocenters. The molecular formula is C10H16F3NO3. The zero-order valence-corrected chi connectivity index (χ0v) is 9.75. The number of carboxylic acid groups (broad SMARTS) is 1. The summed E-state index contributed by atoms with van der Waals surface area (Å²) in [5.74, 6) is -1.03. The smallest absolute Gasteiger partial charge is 0.417 e. The highest BCUT2D eigenvalue weighted by atomic mass is 19.4. The maximum atomic E-state index is 12.8. The highest BCUT2D eigenvalue weighted by Crippen LogP contribution is 2.41. The molecule has 100 valence electrons. The van der Waals surface area contributed by atoms with Crippen molar-refractivity contribution in [2.75, 3.05) is 20.2 Å². The van der Waals surface area contributed by atoms with E-state index in [0.717, 1.165) is 7.11 Å². The maximum absolute atomic E-state index is 12.8. The van der Waals surface area contributed by atoms with Gasteiger partial charge in [0.05, 0.1) is 0 Å². The number of hydrogen-bond donors (Lipinski definition) is 1. The fourth-order valence-corrected chi connectivity index (χ4v) is 2.03. The van der Waals surface area contributed by atoms with Crippen LogP contribution in [-0.4, -0.2) is 54.0 Å². The van der Waals surface area contributed by atoms with Gasteiger partial charge >= 0.3 is 12.1 Å². The minimum atomic E-state index is -4.42. The molecule has 0 aromatic heterocycles. The van der Waals surface area contributed by atoms with Crippen LogP contribution in [0, 0.1) is 0 Å². The van der Waals surface area contributed by atoms with E-state index in [2.05, 4.69) is 4.74 Å². The van der Waals surface area contributed by atoms with Gasteiger partial charge in [-0.2, -0.15) is 13.2 Å². The van der Waals surface area contributed by atoms with Gasteiger partial charge in [-0.25, -0.2) is 0 Å². The minimum Gasteiger partial charge on any atom is -0.480 e. The van der Waals surface area contributed by atoms with E-state index < -0.39 is 23.8 Å². The van der Waals surface area contributed by atoms with Crippen molar-refractivity contribution < 1.29 is 27.8 Å². The Morgan fingerprint density at radius 1 is 1.41 bits per heavy atom. The molecule has 0 aromatic carbocycles. The topological polar surface area (TPSA) is 49.8 Å². The standard InChI is InChI=1S/C10H16F3NO3/c1-7(8(15)16)14-5-3-9(17-2,4-6-14)10(11,12)13/h7H,3-6H2,1-2H3,(H,15,16)/t7-/m0/s1. The monoisotopic (exact) mass is 255 g/mol. The number of hydrogen-bond acceptors (Lipinski definition) is 3. The second-order valence-electron chi connectivity index (χ2n) is 4.25. The van der Waals surface area contributed by atoms with Crippen LogP contribution >= 0.6 is 0 Å². The molecule has 0 aromatic rings. The van der Waals surface area contributed by atoms with Gasteiger partial charge in [-0.05, 0) is 19.8 Å². The van der Waals surface area contributed by atoms with Crippen LogP contribution in [0.25, 0.3) is 0 Å². The van der Waals surface area contributed by atoms with Gasteiger partial charge in [0.25, 0.3) is 0 Å². The van der Waals surface area contributed by atoms with Gasteiger partial charge in [-0.3, -0.25) is 9.69 Å². The first-order chi connectivity index (χ1) is 7.73. The summed E-state index contributed by atoms with van der Waals surface area (Å²) in [5.41, 5.74) is -2.12. The molecule has 1 aliphatic rings. The third-order valence-corrected chi connectivity index (χ3v) is 3.42. The van der Waals surface area contributed by atoms with Crippen LogP contribution < -0.4 is 0 Å². The Hall–Kier alpha value is -0.820. The van der Waals surface area contributed by atoms with E-state index >= 15 is 0 Å². The van der Waals surface area contributed by atoms with Crippen molar-refractivity contribution in [3.05, 3.63) is 0 Å². The second-order valence-corrected chi connectivity index (χ2v) is 4.25. The predicted octanol–water partition coefficient (Wildman–Crippen LogP) is 1.50. The Morgan fingerprint density at radius 3 is 2.18 bits per heavy atom. The lowest BCUT2D eigenvalue weighted by molar-refractivity contribution is -0.283. The van der Waals surface area contributed by atoms with Crippen molar-refractivity contribution in [2.24, 2.45) is 0 Å². The fraction of sp³-hybridized carbons (Fsp3) is 0.900. The van der Waals surface area contributed by atoms with Gasteiger partial charge in [0.15, 0.2) is 5.60 Å². The lowest BCUT2D eigenvalue weighted by Crippen LogP contribution is -2.56. The summed E-state index contributed by atoms with van der Waals surface area (Å²) >= 11 is 0. The van der Waals surface area contributed by atoms with Gasteiger partial charge in [-0.15, -0.1) is 0 Å². The molecule has 0 amide bonds. The van der Waals surface area contributed by atoms with Crippen LogP contribution in [0.4, 0.5) is 13.2 Å². The van der Waals surface area contributed by atoms with Crippen LogP contribution in [0.15, 0.2) is 0 Å². The summed E-state index contributed by atoms with van der Waals surface area (Å²) in [6.07, 6.45) is -4.88. The Morgan fingerprint density at radius 2 is 1.88 bits per heavy atom. The van der Waals surface area contributed by atoms with Crippen molar-refractivity contribution >= 4 is 5.97 Å². The Balaban J connectivity index is 2.69. The highest BCUT2D eigenvalue weighted by Gasteiger charge is 2.56. The summed E-state index contributed by atoms with van der Waals surface area (Å²) in [6, 6.07) is -0.766. The van der Waals surface area contributed by atoms with Crippen LogP contribution in [0.3, 0.4) is 0 Å². The van der Waals surface area contributed by atoms with E-state index in [1.54, 1.807) is 0 Å². The van der Waals surface area contributed by atoms with E-state index in [0.29, 0.717) is 0 Å². The number of carboxylic acids is 1. The molecule has 0 saturated carbocycles. The number of alkyl halides is 3. The summed E-state index contributed by atoms with van der Waals surface area (Å²) < 4.78 is 43.1. The minimum absolute atomic E-state index is 0.0703. The number of halogens is 3. The molecule has 1 N–H and O–H groups in total. The highest BCUT2D eigenvalue weighted by molar-refractivity contribution is 5.72. The summed E-state index contributed by atoms with van der Waals surface area (Å²) in [7, 11) is 1.05. The fourth-order valence-electron chi connectivity index (χ4n) is 2.03. The molecule has 17 heavy (non-hydrogen) atoms. The van der Waals surface area contributed by atoms with E-state index in [-0.39, 0.29) is 25.9 Å². The Labute approximate surface area is 97.3 Å². The SMILES string of the molecule is COC1(C(F)(F)F)CCN([C@@H](C)C(=O)O)CC1. The largest absolute Gasteiger partial charge is 0.480 e. The summed E-state index contributed by atoms with van der Waals surface area (Å²) in [4.78, 5) is 12.3. The molecular weight excluding hydrogens is 239 g/mol. The van der Waals surface area contributed by atoms with E-state index in [1.165, 1.54) is 11.8 Å². The van der Waals surface area contributed by atoms with Crippen molar-refractivity contribution in [2.45, 2.75) is 37.6 Å². The van der Waals surface area contributed by atoms with E-state index in [9.17, 15) is 18.0 Å². The van der Waals surface area contributed by atoms with E-state index in [4.69, 9.17) is 5.11 Å². The van der Waals surface area contributed by atoms with Crippen molar-refractivity contribution in [1.82, 2.24) is 4.90 Å². The number of piperidine rings is 1. The molecule has 1 saturated heterocycles. The molecule has 1 rings (SSSR count). The van der Waals surface area contributed by atoms with Crippen molar-refractivity contribution in [3.63, 3.8) is 0 Å². The number of carbonyl (C=O) groups is 1. The van der Waals surface area contributed by atoms with Crippen molar-refractivity contribution in [3.8, 4) is 0 Å². The zero-order valence-electron chi connectivity index (χ0n) is 9.75. The van der Waals surface area contributed by atoms with Crippen LogP contribution in [0.1, 0.15) is 19.8 Å². The number of rotatable bonds is 3. The first-order valence-corrected chi connectivity index (χ1v) is 5.32. The Kier molecular flexibility index (Phi) is 4.03. The number of ether oxygens (including phenoxy) is 1. The first-order valence-electron chi connectivity index (χ1n) is 5.32. The first kappa shape index (κ1) is 14.2. The van der Waals surface area contributed by atoms with Crippen LogP contribution in [0.5, 0.6) is 0 Å². The predicted molar refractivity (Wildman–Crippen MR) is 53.7 cm³/mol. The van der Waals surface area contributed by atoms with Gasteiger partial charge in [0.1, 0.15) is 6.04 Å². The molecule has 1 fully saturated rings.